The Balaban J connectivity index is 2.09. The minimum Gasteiger partial charge on any atom is -0.493 e. The number of nitrogens with zero attached hydrogens (tertiary/aromatic N) is 1. The molecule has 2 unspecified atom stereocenters. The van der Waals surface area contributed by atoms with E-state index in [-0.39, 0.29) is 18.1 Å². The van der Waals surface area contributed by atoms with Crippen LogP contribution >= 0.6 is 0 Å². The molecule has 1 aliphatic heterocycles. The Morgan fingerprint density at radius 2 is 1.92 bits per heavy atom. The maximum Gasteiger partial charge on any atom is 0.254 e. The second-order valence-corrected chi connectivity index (χ2v) is 6.86. The zero-order valence-corrected chi connectivity index (χ0v) is 15.4. The number of carbonyl (C=O) groups is 1. The van der Waals surface area contributed by atoms with E-state index in [9.17, 15) is 4.79 Å². The maximum atomic E-state index is 12.7. The van der Waals surface area contributed by atoms with Crippen molar-refractivity contribution in [2.24, 2.45) is 5.92 Å². The molecule has 1 amide bonds. The van der Waals surface area contributed by atoms with Crippen LogP contribution in [-0.2, 0) is 4.74 Å². The van der Waals surface area contributed by atoms with Crippen molar-refractivity contribution in [3.63, 3.8) is 0 Å². The van der Waals surface area contributed by atoms with E-state index in [2.05, 4.69) is 13.8 Å². The Morgan fingerprint density at radius 1 is 1.25 bits per heavy atom. The molecule has 0 N–H and O–H groups in total. The Morgan fingerprint density at radius 3 is 2.50 bits per heavy atom. The lowest BCUT2D eigenvalue weighted by atomic mass is 10.1. The molecule has 1 heterocycles. The van der Waals surface area contributed by atoms with Gasteiger partial charge in [0.2, 0.25) is 0 Å². The molecule has 0 radical (unpaired) electrons. The van der Waals surface area contributed by atoms with Gasteiger partial charge in [0, 0.05) is 18.7 Å². The Bertz CT molecular complexity index is 548. The molecule has 5 nitrogen and oxygen atoms in total. The van der Waals surface area contributed by atoms with Crippen LogP contribution in [-0.4, -0.2) is 49.8 Å². The second kappa shape index (κ2) is 8.38. The van der Waals surface area contributed by atoms with Gasteiger partial charge in [-0.3, -0.25) is 4.79 Å². The van der Waals surface area contributed by atoms with Gasteiger partial charge in [0.1, 0.15) is 0 Å². The SMILES string of the molecule is COc1cc(C(=O)N2CC(C)OC(C)C2)ccc1OCCC(C)C. The lowest BCUT2D eigenvalue weighted by Crippen LogP contribution is -2.48. The molecular formula is C19H29NO4. The number of carbonyl (C=O) groups excluding carboxylic acids is 1. The van der Waals surface area contributed by atoms with Gasteiger partial charge in [-0.2, -0.15) is 0 Å². The molecule has 24 heavy (non-hydrogen) atoms. The molecule has 0 spiro atoms. The van der Waals surface area contributed by atoms with Crippen LogP contribution in [0.5, 0.6) is 11.5 Å². The van der Waals surface area contributed by atoms with Crippen LogP contribution < -0.4 is 9.47 Å². The van der Waals surface area contributed by atoms with Crippen molar-refractivity contribution >= 4 is 5.91 Å². The summed E-state index contributed by atoms with van der Waals surface area (Å²) in [5.41, 5.74) is 0.615. The monoisotopic (exact) mass is 335 g/mol. The van der Waals surface area contributed by atoms with Gasteiger partial charge in [0.05, 0.1) is 25.9 Å². The lowest BCUT2D eigenvalue weighted by molar-refractivity contribution is -0.0586. The Hall–Kier alpha value is -1.75. The molecule has 1 saturated heterocycles. The first-order valence-electron chi connectivity index (χ1n) is 8.66. The van der Waals surface area contributed by atoms with Gasteiger partial charge in [-0.25, -0.2) is 0 Å². The zero-order chi connectivity index (χ0) is 17.7. The van der Waals surface area contributed by atoms with E-state index in [1.807, 2.05) is 24.8 Å². The molecular weight excluding hydrogens is 306 g/mol. The normalized spacial score (nSPS) is 21.0. The third-order valence-electron chi connectivity index (χ3n) is 4.07. The van der Waals surface area contributed by atoms with Crippen molar-refractivity contribution in [3.05, 3.63) is 23.8 Å². The fourth-order valence-electron chi connectivity index (χ4n) is 2.85. The number of hydrogen-bond acceptors (Lipinski definition) is 4. The highest BCUT2D eigenvalue weighted by Crippen LogP contribution is 2.29. The van der Waals surface area contributed by atoms with Gasteiger partial charge >= 0.3 is 0 Å². The summed E-state index contributed by atoms with van der Waals surface area (Å²) >= 11 is 0. The average Bonchev–Trinajstić information content (AvgIpc) is 2.53. The summed E-state index contributed by atoms with van der Waals surface area (Å²) in [6.07, 6.45) is 1.09. The van der Waals surface area contributed by atoms with E-state index in [4.69, 9.17) is 14.2 Å². The summed E-state index contributed by atoms with van der Waals surface area (Å²) in [5.74, 6) is 1.86. The standard InChI is InChI=1S/C19H29NO4/c1-13(2)8-9-23-17-7-6-16(10-18(17)22-5)19(21)20-11-14(3)24-15(4)12-20/h6-7,10,13-15H,8-9,11-12H2,1-5H3. The lowest BCUT2D eigenvalue weighted by Gasteiger charge is -2.35. The van der Waals surface area contributed by atoms with Crippen LogP contribution in [0.4, 0.5) is 0 Å². The molecule has 1 aromatic carbocycles. The summed E-state index contributed by atoms with van der Waals surface area (Å²) in [6.45, 7) is 10.2. The van der Waals surface area contributed by atoms with Gasteiger partial charge < -0.3 is 19.1 Å². The molecule has 134 valence electrons. The third kappa shape index (κ3) is 4.87. The molecule has 0 bridgehead atoms. The van der Waals surface area contributed by atoms with Crippen molar-refractivity contribution in [2.75, 3.05) is 26.8 Å². The van der Waals surface area contributed by atoms with Crippen LogP contribution in [0.25, 0.3) is 0 Å². The topological polar surface area (TPSA) is 48.0 Å². The quantitative estimate of drug-likeness (QED) is 0.800. The van der Waals surface area contributed by atoms with Crippen LogP contribution in [0, 0.1) is 5.92 Å². The molecule has 1 fully saturated rings. The van der Waals surface area contributed by atoms with Crippen molar-refractivity contribution in [3.8, 4) is 11.5 Å². The number of methoxy groups -OCH3 is 1. The molecule has 0 aliphatic carbocycles. The minimum absolute atomic E-state index is 0.00373. The van der Waals surface area contributed by atoms with Gasteiger partial charge in [0.25, 0.3) is 5.91 Å². The van der Waals surface area contributed by atoms with E-state index in [0.29, 0.717) is 42.7 Å². The fourth-order valence-corrected chi connectivity index (χ4v) is 2.85. The summed E-state index contributed by atoms with van der Waals surface area (Å²) < 4.78 is 16.9. The van der Waals surface area contributed by atoms with E-state index in [1.54, 1.807) is 19.2 Å². The largest absolute Gasteiger partial charge is 0.493 e. The Labute approximate surface area is 144 Å². The number of morpholine rings is 1. The first-order chi connectivity index (χ1) is 11.4. The molecule has 0 saturated carbocycles. The highest BCUT2D eigenvalue weighted by Gasteiger charge is 2.27. The summed E-state index contributed by atoms with van der Waals surface area (Å²) in [5, 5.41) is 0. The van der Waals surface area contributed by atoms with Gasteiger partial charge in [-0.05, 0) is 44.4 Å². The molecule has 0 aromatic heterocycles. The van der Waals surface area contributed by atoms with E-state index < -0.39 is 0 Å². The highest BCUT2D eigenvalue weighted by atomic mass is 16.5. The van der Waals surface area contributed by atoms with Crippen molar-refractivity contribution < 1.29 is 19.0 Å². The summed E-state index contributed by atoms with van der Waals surface area (Å²) in [6, 6.07) is 5.39. The molecule has 1 aromatic rings. The van der Waals surface area contributed by atoms with Crippen LogP contribution in [0.15, 0.2) is 18.2 Å². The number of ether oxygens (including phenoxy) is 3. The predicted octanol–water partition coefficient (Wildman–Crippen LogP) is 3.37. The van der Waals surface area contributed by atoms with Crippen molar-refractivity contribution in [2.45, 2.75) is 46.3 Å². The number of hydrogen-bond donors (Lipinski definition) is 0. The summed E-state index contributed by atoms with van der Waals surface area (Å²) in [7, 11) is 1.60. The van der Waals surface area contributed by atoms with Crippen molar-refractivity contribution in [1.82, 2.24) is 4.90 Å². The zero-order valence-electron chi connectivity index (χ0n) is 15.4. The minimum atomic E-state index is 0.00373. The van der Waals surface area contributed by atoms with Gasteiger partial charge in [-0.1, -0.05) is 13.8 Å². The first-order valence-corrected chi connectivity index (χ1v) is 8.66. The van der Waals surface area contributed by atoms with E-state index in [1.165, 1.54) is 0 Å². The van der Waals surface area contributed by atoms with Crippen molar-refractivity contribution in [1.29, 1.82) is 0 Å². The predicted molar refractivity (Wildman–Crippen MR) is 93.9 cm³/mol. The molecule has 5 heteroatoms. The number of benzene rings is 1. The van der Waals surface area contributed by atoms with Gasteiger partial charge in [-0.15, -0.1) is 0 Å². The number of amides is 1. The molecule has 1 aliphatic rings. The smallest absolute Gasteiger partial charge is 0.254 e. The number of rotatable bonds is 6. The average molecular weight is 335 g/mol. The molecule has 2 atom stereocenters. The molecule has 2 rings (SSSR count). The first kappa shape index (κ1) is 18.6. The van der Waals surface area contributed by atoms with Crippen LogP contribution in [0.3, 0.4) is 0 Å². The van der Waals surface area contributed by atoms with Gasteiger partial charge in [0.15, 0.2) is 11.5 Å². The highest BCUT2D eigenvalue weighted by molar-refractivity contribution is 5.95. The van der Waals surface area contributed by atoms with Crippen LogP contribution in [0.1, 0.15) is 44.5 Å². The summed E-state index contributed by atoms with van der Waals surface area (Å²) in [4.78, 5) is 14.6. The Kier molecular flexibility index (Phi) is 6.49. The maximum absolute atomic E-state index is 12.7. The second-order valence-electron chi connectivity index (χ2n) is 6.86. The fraction of sp³-hybridized carbons (Fsp3) is 0.632. The van der Waals surface area contributed by atoms with E-state index >= 15 is 0 Å². The third-order valence-corrected chi connectivity index (χ3v) is 4.07. The van der Waals surface area contributed by atoms with Crippen LogP contribution in [0.2, 0.25) is 0 Å². The van der Waals surface area contributed by atoms with E-state index in [0.717, 1.165) is 6.42 Å².